The monoisotopic (exact) mass is 277 g/mol. The standard InChI is InChI=1S/C15H10F3NO/c16-15(17,18)12-4-2-1-3-11(12)10-5-6-14-13(9-10)19-7-8-20-14/h1-7,9H,8H2. The number of ether oxygens (including phenoxy) is 1. The van der Waals surface area contributed by atoms with Gasteiger partial charge in [-0.15, -0.1) is 0 Å². The van der Waals surface area contributed by atoms with Gasteiger partial charge in [0.25, 0.3) is 0 Å². The second kappa shape index (κ2) is 4.67. The molecular formula is C15H10F3NO. The van der Waals surface area contributed by atoms with Crippen molar-refractivity contribution >= 4 is 11.9 Å². The first-order valence-corrected chi connectivity index (χ1v) is 6.02. The van der Waals surface area contributed by atoms with Crippen molar-refractivity contribution in [3.8, 4) is 16.9 Å². The summed E-state index contributed by atoms with van der Waals surface area (Å²) in [5.41, 5.74) is 0.509. The zero-order chi connectivity index (χ0) is 14.2. The van der Waals surface area contributed by atoms with Crippen LogP contribution in [0, 0.1) is 0 Å². The number of rotatable bonds is 1. The van der Waals surface area contributed by atoms with Crippen molar-refractivity contribution in [3.63, 3.8) is 0 Å². The summed E-state index contributed by atoms with van der Waals surface area (Å²) in [6, 6.07) is 10.4. The van der Waals surface area contributed by atoms with Gasteiger partial charge in [-0.1, -0.05) is 24.3 Å². The summed E-state index contributed by atoms with van der Waals surface area (Å²) in [5, 5.41) is 0. The van der Waals surface area contributed by atoms with Gasteiger partial charge in [0.1, 0.15) is 18.0 Å². The van der Waals surface area contributed by atoms with E-state index in [4.69, 9.17) is 4.74 Å². The molecule has 5 heteroatoms. The molecule has 1 heterocycles. The Kier molecular flexibility index (Phi) is 2.97. The summed E-state index contributed by atoms with van der Waals surface area (Å²) in [6.45, 7) is 0.380. The fourth-order valence-corrected chi connectivity index (χ4v) is 2.15. The number of alkyl halides is 3. The van der Waals surface area contributed by atoms with Crippen LogP contribution in [-0.4, -0.2) is 12.8 Å². The number of hydrogen-bond donors (Lipinski definition) is 0. The second-order valence-corrected chi connectivity index (χ2v) is 4.35. The lowest BCUT2D eigenvalue weighted by molar-refractivity contribution is -0.137. The van der Waals surface area contributed by atoms with Crippen LogP contribution in [0.25, 0.3) is 11.1 Å². The Morgan fingerprint density at radius 2 is 1.85 bits per heavy atom. The summed E-state index contributed by atoms with van der Waals surface area (Å²) >= 11 is 0. The Hall–Kier alpha value is -2.30. The van der Waals surface area contributed by atoms with Gasteiger partial charge in [0, 0.05) is 6.21 Å². The fourth-order valence-electron chi connectivity index (χ4n) is 2.15. The Balaban J connectivity index is 2.13. The van der Waals surface area contributed by atoms with Crippen molar-refractivity contribution < 1.29 is 17.9 Å². The number of nitrogens with zero attached hydrogens (tertiary/aromatic N) is 1. The minimum absolute atomic E-state index is 0.142. The molecule has 3 rings (SSSR count). The first-order valence-electron chi connectivity index (χ1n) is 6.02. The van der Waals surface area contributed by atoms with E-state index in [9.17, 15) is 13.2 Å². The average Bonchev–Trinajstić information content (AvgIpc) is 2.46. The molecule has 0 saturated carbocycles. The minimum Gasteiger partial charge on any atom is -0.486 e. The van der Waals surface area contributed by atoms with Gasteiger partial charge in [0.15, 0.2) is 0 Å². The lowest BCUT2D eigenvalue weighted by Crippen LogP contribution is -2.07. The molecule has 2 aromatic carbocycles. The molecule has 1 aliphatic heterocycles. The van der Waals surface area contributed by atoms with E-state index in [2.05, 4.69) is 4.99 Å². The maximum atomic E-state index is 13.0. The largest absolute Gasteiger partial charge is 0.486 e. The van der Waals surface area contributed by atoms with Crippen LogP contribution < -0.4 is 4.74 Å². The molecule has 0 N–H and O–H groups in total. The number of halogens is 3. The van der Waals surface area contributed by atoms with Crippen LogP contribution in [0.1, 0.15) is 5.56 Å². The third-order valence-electron chi connectivity index (χ3n) is 3.05. The van der Waals surface area contributed by atoms with Gasteiger partial charge in [-0.05, 0) is 29.3 Å². The lowest BCUT2D eigenvalue weighted by atomic mass is 9.98. The summed E-state index contributed by atoms with van der Waals surface area (Å²) in [5.74, 6) is 0.584. The van der Waals surface area contributed by atoms with Crippen LogP contribution in [0.3, 0.4) is 0 Å². The molecule has 0 bridgehead atoms. The van der Waals surface area contributed by atoms with Crippen molar-refractivity contribution in [3.05, 3.63) is 48.0 Å². The quantitative estimate of drug-likeness (QED) is 0.753. The van der Waals surface area contributed by atoms with E-state index >= 15 is 0 Å². The molecule has 0 saturated heterocycles. The van der Waals surface area contributed by atoms with E-state index in [1.54, 1.807) is 30.5 Å². The second-order valence-electron chi connectivity index (χ2n) is 4.35. The Morgan fingerprint density at radius 3 is 2.65 bits per heavy atom. The third-order valence-corrected chi connectivity index (χ3v) is 3.05. The summed E-state index contributed by atoms with van der Waals surface area (Å²) < 4.78 is 44.4. The molecule has 0 radical (unpaired) electrons. The summed E-state index contributed by atoms with van der Waals surface area (Å²) in [4.78, 5) is 4.14. The smallest absolute Gasteiger partial charge is 0.417 e. The maximum Gasteiger partial charge on any atom is 0.417 e. The molecule has 0 atom stereocenters. The molecule has 2 nitrogen and oxygen atoms in total. The highest BCUT2D eigenvalue weighted by Gasteiger charge is 2.33. The van der Waals surface area contributed by atoms with Gasteiger partial charge < -0.3 is 4.74 Å². The normalized spacial score (nSPS) is 13.8. The van der Waals surface area contributed by atoms with Gasteiger partial charge in [-0.3, -0.25) is 4.99 Å². The zero-order valence-electron chi connectivity index (χ0n) is 10.3. The van der Waals surface area contributed by atoms with E-state index in [0.29, 0.717) is 23.6 Å². The van der Waals surface area contributed by atoms with Gasteiger partial charge >= 0.3 is 6.18 Å². The van der Waals surface area contributed by atoms with Crippen molar-refractivity contribution in [1.82, 2.24) is 0 Å². The maximum absolute atomic E-state index is 13.0. The molecule has 2 aromatic rings. The molecule has 0 unspecified atom stereocenters. The zero-order valence-corrected chi connectivity index (χ0v) is 10.3. The molecule has 0 spiro atoms. The van der Waals surface area contributed by atoms with Gasteiger partial charge in [-0.2, -0.15) is 13.2 Å². The topological polar surface area (TPSA) is 21.6 Å². The summed E-state index contributed by atoms with van der Waals surface area (Å²) in [6.07, 6.45) is -2.80. The van der Waals surface area contributed by atoms with Gasteiger partial charge in [0.05, 0.1) is 5.56 Å². The average molecular weight is 277 g/mol. The van der Waals surface area contributed by atoms with Crippen molar-refractivity contribution in [1.29, 1.82) is 0 Å². The Morgan fingerprint density at radius 1 is 1.05 bits per heavy atom. The van der Waals surface area contributed by atoms with Crippen LogP contribution in [0.4, 0.5) is 18.9 Å². The van der Waals surface area contributed by atoms with E-state index in [-0.39, 0.29) is 5.56 Å². The number of benzene rings is 2. The molecule has 1 aliphatic rings. The van der Waals surface area contributed by atoms with E-state index < -0.39 is 11.7 Å². The highest BCUT2D eigenvalue weighted by molar-refractivity contribution is 5.77. The molecule has 20 heavy (non-hydrogen) atoms. The summed E-state index contributed by atoms with van der Waals surface area (Å²) in [7, 11) is 0. The minimum atomic E-state index is -4.38. The number of fused-ring (bicyclic) bond motifs is 1. The van der Waals surface area contributed by atoms with Crippen LogP contribution >= 0.6 is 0 Å². The first-order chi connectivity index (χ1) is 9.55. The van der Waals surface area contributed by atoms with Crippen LogP contribution in [0.15, 0.2) is 47.5 Å². The van der Waals surface area contributed by atoms with Crippen LogP contribution in [-0.2, 0) is 6.18 Å². The molecule has 0 aliphatic carbocycles. The first kappa shape index (κ1) is 12.7. The van der Waals surface area contributed by atoms with Crippen molar-refractivity contribution in [2.45, 2.75) is 6.18 Å². The highest BCUT2D eigenvalue weighted by atomic mass is 19.4. The van der Waals surface area contributed by atoms with Crippen LogP contribution in [0.2, 0.25) is 0 Å². The number of aliphatic imine (C=N–C) groups is 1. The Labute approximate surface area is 113 Å². The molecular weight excluding hydrogens is 267 g/mol. The lowest BCUT2D eigenvalue weighted by Gasteiger charge is -2.15. The van der Waals surface area contributed by atoms with Gasteiger partial charge in [0.2, 0.25) is 0 Å². The van der Waals surface area contributed by atoms with Crippen molar-refractivity contribution in [2.24, 2.45) is 4.99 Å². The molecule has 0 fully saturated rings. The predicted octanol–water partition coefficient (Wildman–Crippen LogP) is 4.47. The van der Waals surface area contributed by atoms with Crippen molar-refractivity contribution in [2.75, 3.05) is 6.61 Å². The van der Waals surface area contributed by atoms with E-state index in [1.165, 1.54) is 12.1 Å². The van der Waals surface area contributed by atoms with E-state index in [0.717, 1.165) is 6.07 Å². The fraction of sp³-hybridized carbons (Fsp3) is 0.133. The molecule has 102 valence electrons. The van der Waals surface area contributed by atoms with Gasteiger partial charge in [-0.25, -0.2) is 0 Å². The predicted molar refractivity (Wildman–Crippen MR) is 70.5 cm³/mol. The van der Waals surface area contributed by atoms with E-state index in [1.807, 2.05) is 0 Å². The Bertz CT molecular complexity index is 677. The molecule has 0 amide bonds. The number of hydrogen-bond acceptors (Lipinski definition) is 2. The molecule has 0 aromatic heterocycles. The van der Waals surface area contributed by atoms with Crippen LogP contribution in [0.5, 0.6) is 5.75 Å². The third kappa shape index (κ3) is 2.27. The SMILES string of the molecule is FC(F)(F)c1ccccc1-c1ccc2c(c1)N=CCO2. The highest BCUT2D eigenvalue weighted by Crippen LogP contribution is 2.40.